The number of aromatic hydroxyl groups is 1. The number of halogens is 5. The molecule has 1 saturated heterocycles. The molecule has 0 radical (unpaired) electrons. The number of piperidine rings is 1. The SMILES string of the molecule is O=C(Nc1cc(Cl)c(O)cc1OC[C@@H](O)CN1CCC2(CC1)Cc1cc(F)ccc1O2)c1ccccc1.O=C(O)C(F)(F)F. The first-order chi connectivity index (χ1) is 20.7. The number of amides is 1. The van der Waals surface area contributed by atoms with Crippen molar-refractivity contribution >= 4 is 29.2 Å². The molecule has 2 aliphatic heterocycles. The fourth-order valence-electron chi connectivity index (χ4n) is 4.90. The van der Waals surface area contributed by atoms with Gasteiger partial charge in [0, 0.05) is 56.1 Å². The molecule has 2 heterocycles. The number of ether oxygens (including phenoxy) is 2. The van der Waals surface area contributed by atoms with Gasteiger partial charge in [-0.15, -0.1) is 0 Å². The third-order valence-electron chi connectivity index (χ3n) is 7.10. The quantitative estimate of drug-likeness (QED) is 0.203. The molecule has 0 aromatic heterocycles. The van der Waals surface area contributed by atoms with Crippen LogP contribution in [-0.4, -0.2) is 76.2 Å². The zero-order valence-corrected chi connectivity index (χ0v) is 23.9. The number of carboxylic acids is 1. The van der Waals surface area contributed by atoms with Crippen LogP contribution in [0.3, 0.4) is 0 Å². The molecule has 3 aromatic carbocycles. The minimum absolute atomic E-state index is 0.0435. The summed E-state index contributed by atoms with van der Waals surface area (Å²) in [6.45, 7) is 1.81. The summed E-state index contributed by atoms with van der Waals surface area (Å²) in [6, 6.07) is 16.1. The van der Waals surface area contributed by atoms with Crippen molar-refractivity contribution in [1.82, 2.24) is 4.90 Å². The number of phenolic OH excluding ortho intramolecular Hbond substituents is 1. The molecule has 236 valence electrons. The number of aliphatic hydroxyl groups excluding tert-OH is 1. The summed E-state index contributed by atoms with van der Waals surface area (Å²) in [5.74, 6) is -2.60. The van der Waals surface area contributed by atoms with Crippen LogP contribution in [0, 0.1) is 5.82 Å². The van der Waals surface area contributed by atoms with Crippen LogP contribution in [0.2, 0.25) is 5.02 Å². The normalized spacial score (nSPS) is 16.2. The number of alkyl halides is 3. The molecule has 14 heteroatoms. The number of fused-ring (bicyclic) bond motifs is 1. The van der Waals surface area contributed by atoms with Gasteiger partial charge in [-0.3, -0.25) is 4.79 Å². The van der Waals surface area contributed by atoms with E-state index >= 15 is 0 Å². The van der Waals surface area contributed by atoms with Crippen LogP contribution in [-0.2, 0) is 11.2 Å². The summed E-state index contributed by atoms with van der Waals surface area (Å²) in [5.41, 5.74) is 1.34. The summed E-state index contributed by atoms with van der Waals surface area (Å²) < 4.78 is 57.3. The van der Waals surface area contributed by atoms with Gasteiger partial charge in [-0.2, -0.15) is 13.2 Å². The molecule has 0 unspecified atom stereocenters. The van der Waals surface area contributed by atoms with Crippen LogP contribution in [0.15, 0.2) is 60.7 Å². The molecule has 1 spiro atoms. The largest absolute Gasteiger partial charge is 0.506 e. The number of hydrogen-bond acceptors (Lipinski definition) is 7. The summed E-state index contributed by atoms with van der Waals surface area (Å²) >= 11 is 6.05. The fourth-order valence-corrected chi connectivity index (χ4v) is 5.07. The minimum Gasteiger partial charge on any atom is -0.506 e. The Kier molecular flexibility index (Phi) is 10.2. The Morgan fingerprint density at radius 3 is 2.39 bits per heavy atom. The van der Waals surface area contributed by atoms with E-state index in [1.807, 2.05) is 6.07 Å². The number of anilines is 1. The highest BCUT2D eigenvalue weighted by Gasteiger charge is 2.42. The Morgan fingerprint density at radius 2 is 1.75 bits per heavy atom. The highest BCUT2D eigenvalue weighted by Crippen LogP contribution is 2.41. The smallest absolute Gasteiger partial charge is 0.490 e. The standard InChI is InChI=1S/C28H28ClFN2O5.C2HF3O2/c29-22-13-23(31-27(35)18-4-2-1-3-5-18)26(14-24(22)34)36-17-21(33)16-32-10-8-28(9-11-32)15-19-12-20(30)6-7-25(19)37-28;3-2(4,5)1(6)7/h1-7,12-14,21,33-34H,8-11,15-17H2,(H,31,35);(H,6,7)/t21-;/m0./s1. The van der Waals surface area contributed by atoms with Gasteiger partial charge in [0.15, 0.2) is 0 Å². The number of carbonyl (C=O) groups is 2. The van der Waals surface area contributed by atoms with Gasteiger partial charge in [0.1, 0.15) is 41.4 Å². The van der Waals surface area contributed by atoms with Gasteiger partial charge in [-0.1, -0.05) is 29.8 Å². The van der Waals surface area contributed by atoms with Crippen molar-refractivity contribution in [3.63, 3.8) is 0 Å². The fraction of sp³-hybridized carbons (Fsp3) is 0.333. The van der Waals surface area contributed by atoms with Crippen LogP contribution >= 0.6 is 11.6 Å². The van der Waals surface area contributed by atoms with Crippen LogP contribution in [0.5, 0.6) is 17.2 Å². The number of nitrogens with zero attached hydrogens (tertiary/aromatic N) is 1. The molecule has 0 aliphatic carbocycles. The maximum absolute atomic E-state index is 13.6. The van der Waals surface area contributed by atoms with Crippen LogP contribution in [0.25, 0.3) is 0 Å². The molecular formula is C30H29ClF4N2O7. The van der Waals surface area contributed by atoms with Gasteiger partial charge in [-0.25, -0.2) is 9.18 Å². The summed E-state index contributed by atoms with van der Waals surface area (Å²) in [4.78, 5) is 23.6. The number of aliphatic carboxylic acids is 1. The molecule has 4 N–H and O–H groups in total. The van der Waals surface area contributed by atoms with Crippen molar-refractivity contribution in [3.05, 3.63) is 82.6 Å². The van der Waals surface area contributed by atoms with E-state index in [0.29, 0.717) is 18.5 Å². The summed E-state index contributed by atoms with van der Waals surface area (Å²) in [7, 11) is 0. The van der Waals surface area contributed by atoms with E-state index in [0.717, 1.165) is 37.2 Å². The molecule has 3 aromatic rings. The van der Waals surface area contributed by atoms with Gasteiger partial charge in [0.05, 0.1) is 10.7 Å². The molecular weight excluding hydrogens is 612 g/mol. The number of phenols is 1. The second-order valence-electron chi connectivity index (χ2n) is 10.4. The highest BCUT2D eigenvalue weighted by atomic mass is 35.5. The Bertz CT molecular complexity index is 1480. The number of benzene rings is 3. The lowest BCUT2D eigenvalue weighted by atomic mass is 9.87. The predicted molar refractivity (Wildman–Crippen MR) is 152 cm³/mol. The first kappa shape index (κ1) is 32.8. The highest BCUT2D eigenvalue weighted by molar-refractivity contribution is 6.32. The Morgan fingerprint density at radius 1 is 1.09 bits per heavy atom. The average molecular weight is 641 g/mol. The van der Waals surface area contributed by atoms with E-state index in [1.54, 1.807) is 36.4 Å². The average Bonchev–Trinajstić information content (AvgIpc) is 3.32. The minimum atomic E-state index is -5.08. The lowest BCUT2D eigenvalue weighted by molar-refractivity contribution is -0.192. The Balaban J connectivity index is 0.000000566. The number of aliphatic hydroxyl groups is 1. The molecule has 0 bridgehead atoms. The van der Waals surface area contributed by atoms with Gasteiger partial charge < -0.3 is 35.0 Å². The van der Waals surface area contributed by atoms with Crippen molar-refractivity contribution < 1.29 is 51.9 Å². The van der Waals surface area contributed by atoms with E-state index in [4.69, 9.17) is 31.0 Å². The Hall–Kier alpha value is -4.07. The number of carboxylic acid groups (broad SMARTS) is 1. The summed E-state index contributed by atoms with van der Waals surface area (Å²) in [6.07, 6.45) is -3.65. The lowest BCUT2D eigenvalue weighted by Gasteiger charge is -2.39. The molecule has 1 amide bonds. The van der Waals surface area contributed by atoms with Crippen molar-refractivity contribution in [1.29, 1.82) is 0 Å². The van der Waals surface area contributed by atoms with E-state index in [-0.39, 0.29) is 46.1 Å². The maximum atomic E-state index is 13.6. The number of hydrogen-bond donors (Lipinski definition) is 4. The van der Waals surface area contributed by atoms with E-state index in [9.17, 15) is 32.6 Å². The third-order valence-corrected chi connectivity index (χ3v) is 7.41. The zero-order chi connectivity index (χ0) is 32.1. The van der Waals surface area contributed by atoms with E-state index in [1.165, 1.54) is 18.2 Å². The molecule has 1 fully saturated rings. The number of nitrogens with one attached hydrogen (secondary N) is 1. The van der Waals surface area contributed by atoms with Crippen molar-refractivity contribution in [3.8, 4) is 17.2 Å². The van der Waals surface area contributed by atoms with Crippen molar-refractivity contribution in [2.75, 3.05) is 31.6 Å². The number of carbonyl (C=O) groups excluding carboxylic acids is 1. The van der Waals surface area contributed by atoms with E-state index < -0.39 is 18.2 Å². The molecule has 2 aliphatic rings. The Labute approximate surface area is 254 Å². The van der Waals surface area contributed by atoms with Gasteiger partial charge >= 0.3 is 12.1 Å². The first-order valence-corrected chi connectivity index (χ1v) is 13.8. The maximum Gasteiger partial charge on any atom is 0.490 e. The molecule has 9 nitrogen and oxygen atoms in total. The van der Waals surface area contributed by atoms with Gasteiger partial charge in [0.2, 0.25) is 0 Å². The predicted octanol–water partition coefficient (Wildman–Crippen LogP) is 5.28. The molecule has 0 saturated carbocycles. The van der Waals surface area contributed by atoms with Crippen molar-refractivity contribution in [2.24, 2.45) is 0 Å². The van der Waals surface area contributed by atoms with Crippen molar-refractivity contribution in [2.45, 2.75) is 37.1 Å². The summed E-state index contributed by atoms with van der Waals surface area (Å²) in [5, 5.41) is 30.6. The molecule has 44 heavy (non-hydrogen) atoms. The molecule has 5 rings (SSSR count). The zero-order valence-electron chi connectivity index (χ0n) is 23.1. The van der Waals surface area contributed by atoms with E-state index in [2.05, 4.69) is 10.2 Å². The number of likely N-dealkylation sites (tertiary alicyclic amines) is 1. The van der Waals surface area contributed by atoms with Crippen LogP contribution in [0.4, 0.5) is 23.2 Å². The first-order valence-electron chi connectivity index (χ1n) is 13.4. The number of β-amino-alcohol motifs (C(OH)–C–C–N with tert-alkyl or cyclic N) is 1. The lowest BCUT2D eigenvalue weighted by Crippen LogP contribution is -2.49. The molecule has 1 atom stereocenters. The second-order valence-corrected chi connectivity index (χ2v) is 10.8. The van der Waals surface area contributed by atoms with Crippen LogP contribution < -0.4 is 14.8 Å². The van der Waals surface area contributed by atoms with Gasteiger partial charge in [-0.05, 0) is 36.4 Å². The van der Waals surface area contributed by atoms with Gasteiger partial charge in [0.25, 0.3) is 5.91 Å². The van der Waals surface area contributed by atoms with Crippen LogP contribution in [0.1, 0.15) is 28.8 Å². The third kappa shape index (κ3) is 8.52. The monoisotopic (exact) mass is 640 g/mol. The topological polar surface area (TPSA) is 129 Å². The number of rotatable bonds is 7. The second kappa shape index (κ2) is 13.7.